The Morgan fingerprint density at radius 2 is 1.11 bits per heavy atom. The van der Waals surface area contributed by atoms with Crippen molar-refractivity contribution in [2.24, 2.45) is 0 Å². The van der Waals surface area contributed by atoms with Gasteiger partial charge in [-0.1, -0.05) is 35.5 Å². The lowest BCUT2D eigenvalue weighted by molar-refractivity contribution is 0.388. The van der Waals surface area contributed by atoms with Gasteiger partial charge in [0.15, 0.2) is 0 Å². The van der Waals surface area contributed by atoms with Gasteiger partial charge in [-0.15, -0.1) is 0 Å². The van der Waals surface area contributed by atoms with Crippen LogP contribution in [0.3, 0.4) is 0 Å². The average molecular weight is 527 g/mol. The van der Waals surface area contributed by atoms with E-state index in [0.29, 0.717) is 29.5 Å². The second kappa shape index (κ2) is 8.04. The summed E-state index contributed by atoms with van der Waals surface area (Å²) in [6, 6.07) is 4.06. The normalized spacial score (nSPS) is 15.2. The number of hydrogen-bond acceptors (Lipinski definition) is 8. The van der Waals surface area contributed by atoms with Gasteiger partial charge in [0, 0.05) is 4.47 Å². The van der Waals surface area contributed by atoms with Crippen LogP contribution in [0.5, 0.6) is 0 Å². The van der Waals surface area contributed by atoms with E-state index < -0.39 is 52.7 Å². The zero-order valence-electron chi connectivity index (χ0n) is 14.8. The molecule has 0 spiro atoms. The summed E-state index contributed by atoms with van der Waals surface area (Å²) < 4.78 is 97.2. The van der Waals surface area contributed by atoms with Crippen molar-refractivity contribution in [1.29, 1.82) is 0 Å². The predicted molar refractivity (Wildman–Crippen MR) is 105 cm³/mol. The van der Waals surface area contributed by atoms with Crippen LogP contribution in [0.4, 0.5) is 0 Å². The highest BCUT2D eigenvalue weighted by Crippen LogP contribution is 2.29. The molecule has 1 aromatic carbocycles. The van der Waals surface area contributed by atoms with Gasteiger partial charge in [0.1, 0.15) is 0 Å². The molecule has 0 heterocycles. The molecule has 156 valence electrons. The topological polar surface area (TPSA) is 143 Å². The van der Waals surface area contributed by atoms with E-state index in [-0.39, 0.29) is 13.0 Å². The fourth-order valence-electron chi connectivity index (χ4n) is 2.34. The number of hydrogen-bond donors (Lipinski definition) is 0. The van der Waals surface area contributed by atoms with E-state index >= 15 is 0 Å². The first kappa shape index (κ1) is 24.5. The summed E-state index contributed by atoms with van der Waals surface area (Å²) in [5.41, 5.74) is 0.0892. The Kier molecular flexibility index (Phi) is 7.28. The highest BCUT2D eigenvalue weighted by molar-refractivity contribution is 9.10. The highest BCUT2D eigenvalue weighted by Gasteiger charge is 2.40. The maximum atomic E-state index is 12.2. The second-order valence-electron chi connectivity index (χ2n) is 5.80. The Morgan fingerprint density at radius 1 is 0.741 bits per heavy atom. The van der Waals surface area contributed by atoms with E-state index in [9.17, 15) is 33.7 Å². The van der Waals surface area contributed by atoms with Crippen LogP contribution in [-0.4, -0.2) is 72.7 Å². The third-order valence-electron chi connectivity index (χ3n) is 3.22. The average Bonchev–Trinajstić information content (AvgIpc) is 2.38. The molecule has 1 atom stereocenters. The van der Waals surface area contributed by atoms with Crippen molar-refractivity contribution in [3.63, 3.8) is 0 Å². The first-order valence-corrected chi connectivity index (χ1v) is 15.2. The van der Waals surface area contributed by atoms with E-state index in [1.54, 1.807) is 0 Å². The van der Waals surface area contributed by atoms with Gasteiger partial charge in [-0.05, 0) is 17.7 Å². The van der Waals surface area contributed by atoms with Crippen LogP contribution < -0.4 is 0 Å². The molecule has 0 aliphatic carbocycles. The molecular formula is C12H19BrN2O8S4. The van der Waals surface area contributed by atoms with Gasteiger partial charge in [0.2, 0.25) is 40.1 Å². The molecule has 0 aliphatic rings. The number of sulfonamides is 4. The summed E-state index contributed by atoms with van der Waals surface area (Å²) in [7, 11) is -17.5. The van der Waals surface area contributed by atoms with Crippen LogP contribution >= 0.6 is 15.9 Å². The summed E-state index contributed by atoms with van der Waals surface area (Å²) in [5, 5.41) is 0. The monoisotopic (exact) mass is 526 g/mol. The quantitative estimate of drug-likeness (QED) is 0.457. The minimum Gasteiger partial charge on any atom is -0.212 e. The number of nitrogens with zero attached hydrogens (tertiary/aromatic N) is 2. The highest BCUT2D eigenvalue weighted by atomic mass is 79.9. The largest absolute Gasteiger partial charge is 0.224 e. The third kappa shape index (κ3) is 6.76. The second-order valence-corrected chi connectivity index (χ2v) is 14.7. The molecule has 0 saturated carbocycles. The van der Waals surface area contributed by atoms with Gasteiger partial charge in [-0.2, -0.15) is 0 Å². The maximum Gasteiger partial charge on any atom is 0.224 e. The Bertz CT molecular complexity index is 1050. The zero-order valence-corrected chi connectivity index (χ0v) is 19.6. The molecule has 0 N–H and O–H groups in total. The van der Waals surface area contributed by atoms with Gasteiger partial charge >= 0.3 is 0 Å². The molecular weight excluding hydrogens is 508 g/mol. The van der Waals surface area contributed by atoms with Crippen LogP contribution in [0.15, 0.2) is 28.7 Å². The Labute approximate surface area is 168 Å². The van der Waals surface area contributed by atoms with Gasteiger partial charge in [0.25, 0.3) is 0 Å². The van der Waals surface area contributed by atoms with Gasteiger partial charge in [0.05, 0.1) is 37.6 Å². The molecule has 1 aromatic rings. The molecule has 10 nitrogen and oxygen atoms in total. The molecule has 15 heteroatoms. The fourth-order valence-corrected chi connectivity index (χ4v) is 8.67. The number of halogens is 1. The van der Waals surface area contributed by atoms with E-state index in [4.69, 9.17) is 0 Å². The lowest BCUT2D eigenvalue weighted by Crippen LogP contribution is -2.46. The first-order chi connectivity index (χ1) is 11.8. The number of benzene rings is 1. The summed E-state index contributed by atoms with van der Waals surface area (Å²) in [5.74, 6) is 0. The molecule has 0 aromatic heterocycles. The smallest absolute Gasteiger partial charge is 0.212 e. The summed E-state index contributed by atoms with van der Waals surface area (Å²) in [6.07, 6.45) is 2.51. The third-order valence-corrected chi connectivity index (χ3v) is 10.6. The van der Waals surface area contributed by atoms with Gasteiger partial charge in [-0.3, -0.25) is 0 Å². The van der Waals surface area contributed by atoms with Crippen molar-refractivity contribution in [2.75, 3.05) is 31.6 Å². The molecule has 0 radical (unpaired) electrons. The van der Waals surface area contributed by atoms with Crippen molar-refractivity contribution < 1.29 is 33.7 Å². The lowest BCUT2D eigenvalue weighted by Gasteiger charge is -2.31. The van der Waals surface area contributed by atoms with Crippen molar-refractivity contribution in [3.8, 4) is 0 Å². The van der Waals surface area contributed by atoms with Gasteiger partial charge < -0.3 is 0 Å². The Hall–Kier alpha value is -0.580. The predicted octanol–water partition coefficient (Wildman–Crippen LogP) is -0.0674. The zero-order chi connectivity index (χ0) is 21.4. The first-order valence-electron chi connectivity index (χ1n) is 6.98. The minimum atomic E-state index is -4.40. The Morgan fingerprint density at radius 3 is 1.41 bits per heavy atom. The van der Waals surface area contributed by atoms with E-state index in [0.717, 1.165) is 0 Å². The van der Waals surface area contributed by atoms with E-state index in [1.165, 1.54) is 24.3 Å². The lowest BCUT2D eigenvalue weighted by atomic mass is 10.1. The van der Waals surface area contributed by atoms with Crippen LogP contribution in [0.1, 0.15) is 11.6 Å². The standard InChI is InChI=1S/C12H19BrN2O8S4/c1-24(16,17)14(25(2,18)19)9-12(10-5-7-11(13)8-6-10)15(26(3,20)21)27(4,22)23/h5-8,12H,9H2,1-4H3/t12-/m1/s1. The van der Waals surface area contributed by atoms with Crippen LogP contribution in [0.2, 0.25) is 0 Å². The van der Waals surface area contributed by atoms with E-state index in [1.807, 2.05) is 0 Å². The molecule has 0 fully saturated rings. The van der Waals surface area contributed by atoms with E-state index in [2.05, 4.69) is 15.9 Å². The molecule has 27 heavy (non-hydrogen) atoms. The SMILES string of the molecule is CS(=O)(=O)N(C[C@H](c1ccc(Br)cc1)N(S(C)(=O)=O)S(C)(=O)=O)S(C)(=O)=O. The maximum absolute atomic E-state index is 12.2. The molecule has 0 amide bonds. The molecule has 0 unspecified atom stereocenters. The van der Waals surface area contributed by atoms with Crippen molar-refractivity contribution >= 4 is 56.0 Å². The minimum absolute atomic E-state index is 0.0655. The molecule has 0 aliphatic heterocycles. The Balaban J connectivity index is 3.77. The summed E-state index contributed by atoms with van der Waals surface area (Å²) in [6.45, 7) is -0.945. The van der Waals surface area contributed by atoms with Crippen molar-refractivity contribution in [1.82, 2.24) is 7.42 Å². The van der Waals surface area contributed by atoms with Gasteiger partial charge in [-0.25, -0.2) is 33.7 Å². The molecule has 0 saturated heterocycles. The molecule has 1 rings (SSSR count). The summed E-state index contributed by atoms with van der Waals surface area (Å²) in [4.78, 5) is 0. The number of rotatable bonds is 8. The van der Waals surface area contributed by atoms with Crippen molar-refractivity contribution in [3.05, 3.63) is 34.3 Å². The van der Waals surface area contributed by atoms with Crippen LogP contribution in [0.25, 0.3) is 0 Å². The van der Waals surface area contributed by atoms with Crippen LogP contribution in [-0.2, 0) is 40.1 Å². The summed E-state index contributed by atoms with van der Waals surface area (Å²) >= 11 is 3.17. The fraction of sp³-hybridized carbons (Fsp3) is 0.500. The van der Waals surface area contributed by atoms with Crippen molar-refractivity contribution in [2.45, 2.75) is 6.04 Å². The van der Waals surface area contributed by atoms with Crippen LogP contribution in [0, 0.1) is 0 Å². The molecule has 0 bridgehead atoms.